The van der Waals surface area contributed by atoms with Crippen molar-refractivity contribution >= 4 is 95.7 Å². The molecule has 178 valence electrons. The third kappa shape index (κ3) is 4.17. The molecule has 0 fully saturated rings. The molecule has 2 aromatic heterocycles. The highest BCUT2D eigenvalue weighted by atomic mass is 32.2. The minimum absolute atomic E-state index is 0.125. The zero-order valence-electron chi connectivity index (χ0n) is 18.7. The average molecular weight is 549 g/mol. The van der Waals surface area contributed by atoms with E-state index in [2.05, 4.69) is 15.3 Å². The Hall–Kier alpha value is -3.25. The maximum absolute atomic E-state index is 12.8. The number of nitrogens with one attached hydrogen (secondary N) is 1. The van der Waals surface area contributed by atoms with Crippen LogP contribution in [-0.2, 0) is 4.79 Å². The molecule has 0 aliphatic carbocycles. The number of imide groups is 1. The molecule has 0 unspecified atom stereocenters. The Balaban J connectivity index is 1.14. The summed E-state index contributed by atoms with van der Waals surface area (Å²) >= 11 is 5.98. The van der Waals surface area contributed by atoms with Gasteiger partial charge in [0.05, 0.1) is 43.0 Å². The number of aromatic nitrogens is 2. The lowest BCUT2D eigenvalue weighted by molar-refractivity contribution is -0.113. The fraction of sp³-hybridized carbons (Fsp3) is 0.0800. The first-order chi connectivity index (χ1) is 17.5. The number of carbonyl (C=O) groups is 3. The summed E-state index contributed by atoms with van der Waals surface area (Å²) in [6.45, 7) is 0. The topological polar surface area (TPSA) is 92.3 Å². The van der Waals surface area contributed by atoms with Crippen molar-refractivity contribution in [3.05, 3.63) is 71.8 Å². The Morgan fingerprint density at radius 1 is 0.889 bits per heavy atom. The van der Waals surface area contributed by atoms with Gasteiger partial charge in [-0.25, -0.2) is 14.9 Å². The fourth-order valence-electron chi connectivity index (χ4n) is 3.91. The molecule has 1 aliphatic heterocycles. The van der Waals surface area contributed by atoms with Gasteiger partial charge in [-0.3, -0.25) is 14.4 Å². The van der Waals surface area contributed by atoms with Crippen LogP contribution in [0.3, 0.4) is 0 Å². The third-order valence-corrected chi connectivity index (χ3v) is 9.72. The smallest absolute Gasteiger partial charge is 0.266 e. The van der Waals surface area contributed by atoms with E-state index in [0.717, 1.165) is 34.8 Å². The third-order valence-electron chi connectivity index (χ3n) is 5.56. The van der Waals surface area contributed by atoms with E-state index >= 15 is 0 Å². The van der Waals surface area contributed by atoms with Crippen molar-refractivity contribution in [1.82, 2.24) is 9.97 Å². The molecular weight excluding hydrogens is 533 g/mol. The zero-order valence-corrected chi connectivity index (χ0v) is 21.9. The normalized spacial score (nSPS) is 13.1. The highest BCUT2D eigenvalue weighted by Gasteiger charge is 2.36. The standard InChI is InChI=1S/C25H16N4O3S4/c1-33-24-27-17-8-6-13(10-19(17)35-24)26-21(30)12-34-25-28-18-9-7-14(11-20(18)36-25)29-22(31)15-4-2-3-5-16(15)23(29)32/h2-11H,12H2,1H3,(H,26,30). The van der Waals surface area contributed by atoms with Crippen molar-refractivity contribution in [2.75, 3.05) is 22.2 Å². The van der Waals surface area contributed by atoms with Gasteiger partial charge in [-0.05, 0) is 54.8 Å². The van der Waals surface area contributed by atoms with Crippen molar-refractivity contribution in [2.24, 2.45) is 0 Å². The van der Waals surface area contributed by atoms with Crippen LogP contribution < -0.4 is 10.2 Å². The number of amides is 3. The molecule has 36 heavy (non-hydrogen) atoms. The van der Waals surface area contributed by atoms with E-state index in [1.165, 1.54) is 28.0 Å². The number of nitrogens with zero attached hydrogens (tertiary/aromatic N) is 3. The van der Waals surface area contributed by atoms with Gasteiger partial charge in [0.15, 0.2) is 8.68 Å². The van der Waals surface area contributed by atoms with Crippen LogP contribution in [0.25, 0.3) is 20.4 Å². The summed E-state index contributed by atoms with van der Waals surface area (Å²) < 4.78 is 3.60. The second-order valence-electron chi connectivity index (χ2n) is 7.83. The number of thiazole rings is 2. The molecule has 1 N–H and O–H groups in total. The predicted molar refractivity (Wildman–Crippen MR) is 148 cm³/mol. The van der Waals surface area contributed by atoms with E-state index in [1.807, 2.05) is 24.5 Å². The van der Waals surface area contributed by atoms with Crippen LogP contribution in [-0.4, -0.2) is 39.7 Å². The minimum atomic E-state index is -0.327. The number of rotatable bonds is 6. The minimum Gasteiger partial charge on any atom is -0.325 e. The van der Waals surface area contributed by atoms with E-state index < -0.39 is 0 Å². The van der Waals surface area contributed by atoms with Crippen LogP contribution in [0.1, 0.15) is 20.7 Å². The first-order valence-corrected chi connectivity index (χ1v) is 14.6. The quantitative estimate of drug-likeness (QED) is 0.201. The lowest BCUT2D eigenvalue weighted by Gasteiger charge is -2.13. The molecule has 3 aromatic carbocycles. The van der Waals surface area contributed by atoms with Crippen molar-refractivity contribution in [2.45, 2.75) is 8.68 Å². The molecule has 0 spiro atoms. The lowest BCUT2D eigenvalue weighted by Crippen LogP contribution is -2.29. The van der Waals surface area contributed by atoms with Gasteiger partial charge < -0.3 is 5.32 Å². The Kier molecular flexibility index (Phi) is 6.00. The molecule has 11 heteroatoms. The van der Waals surface area contributed by atoms with Gasteiger partial charge in [0.25, 0.3) is 11.8 Å². The van der Waals surface area contributed by atoms with Gasteiger partial charge in [0.2, 0.25) is 5.91 Å². The number of carbonyl (C=O) groups excluding carboxylic acids is 3. The maximum Gasteiger partial charge on any atom is 0.266 e. The molecule has 7 nitrogen and oxygen atoms in total. The summed E-state index contributed by atoms with van der Waals surface area (Å²) in [5.41, 5.74) is 3.74. The van der Waals surface area contributed by atoms with Crippen molar-refractivity contribution < 1.29 is 14.4 Å². The molecule has 3 amide bonds. The summed E-state index contributed by atoms with van der Waals surface area (Å²) in [6.07, 6.45) is 1.99. The molecule has 0 saturated carbocycles. The number of benzene rings is 3. The molecule has 0 saturated heterocycles. The number of hydrogen-bond donors (Lipinski definition) is 1. The molecular formula is C25H16N4O3S4. The Bertz CT molecular complexity index is 1660. The maximum atomic E-state index is 12.8. The highest BCUT2D eigenvalue weighted by molar-refractivity contribution is 8.01. The first kappa shape index (κ1) is 23.2. The second kappa shape index (κ2) is 9.32. The zero-order chi connectivity index (χ0) is 24.8. The van der Waals surface area contributed by atoms with Gasteiger partial charge in [-0.15, -0.1) is 22.7 Å². The molecule has 0 radical (unpaired) electrons. The van der Waals surface area contributed by atoms with Crippen molar-refractivity contribution in [3.63, 3.8) is 0 Å². The first-order valence-electron chi connectivity index (χ1n) is 10.8. The SMILES string of the molecule is CSc1nc2ccc(NC(=O)CSc3nc4ccc(N5C(=O)c6ccccc6C5=O)cc4s3)cc2s1. The largest absolute Gasteiger partial charge is 0.325 e. The van der Waals surface area contributed by atoms with Crippen LogP contribution in [0.4, 0.5) is 11.4 Å². The number of anilines is 2. The van der Waals surface area contributed by atoms with Gasteiger partial charge in [0.1, 0.15) is 0 Å². The summed E-state index contributed by atoms with van der Waals surface area (Å²) in [7, 11) is 0. The van der Waals surface area contributed by atoms with E-state index in [4.69, 9.17) is 0 Å². The van der Waals surface area contributed by atoms with Gasteiger partial charge in [-0.1, -0.05) is 35.7 Å². The summed E-state index contributed by atoms with van der Waals surface area (Å²) in [5, 5.41) is 2.94. The summed E-state index contributed by atoms with van der Waals surface area (Å²) in [5.74, 6) is -0.569. The number of fused-ring (bicyclic) bond motifs is 3. The van der Waals surface area contributed by atoms with Gasteiger partial charge in [-0.2, -0.15) is 0 Å². The lowest BCUT2D eigenvalue weighted by atomic mass is 10.1. The van der Waals surface area contributed by atoms with Crippen LogP contribution in [0.5, 0.6) is 0 Å². The Morgan fingerprint density at radius 3 is 2.25 bits per heavy atom. The van der Waals surface area contributed by atoms with Crippen LogP contribution in [0.2, 0.25) is 0 Å². The Labute approximate surface area is 221 Å². The van der Waals surface area contributed by atoms with Crippen LogP contribution >= 0.6 is 46.2 Å². The number of hydrogen-bond acceptors (Lipinski definition) is 9. The second-order valence-corrected chi connectivity index (χ2v) is 12.2. The van der Waals surface area contributed by atoms with E-state index in [0.29, 0.717) is 16.8 Å². The Morgan fingerprint density at radius 2 is 1.53 bits per heavy atom. The molecule has 6 rings (SSSR count). The van der Waals surface area contributed by atoms with Gasteiger partial charge >= 0.3 is 0 Å². The highest BCUT2D eigenvalue weighted by Crippen LogP contribution is 2.35. The van der Waals surface area contributed by atoms with Crippen LogP contribution in [0, 0.1) is 0 Å². The molecule has 1 aliphatic rings. The molecule has 0 bridgehead atoms. The van der Waals surface area contributed by atoms with E-state index in [-0.39, 0.29) is 23.5 Å². The van der Waals surface area contributed by atoms with E-state index in [1.54, 1.807) is 65.6 Å². The van der Waals surface area contributed by atoms with E-state index in [9.17, 15) is 14.4 Å². The summed E-state index contributed by atoms with van der Waals surface area (Å²) in [4.78, 5) is 48.5. The van der Waals surface area contributed by atoms with Crippen molar-refractivity contribution in [3.8, 4) is 0 Å². The average Bonchev–Trinajstić information content (AvgIpc) is 3.56. The van der Waals surface area contributed by atoms with Crippen molar-refractivity contribution in [1.29, 1.82) is 0 Å². The molecule has 3 heterocycles. The van der Waals surface area contributed by atoms with Crippen LogP contribution in [0.15, 0.2) is 69.3 Å². The predicted octanol–water partition coefficient (Wildman–Crippen LogP) is 6.16. The number of thioether (sulfide) groups is 2. The monoisotopic (exact) mass is 548 g/mol. The molecule has 5 aromatic rings. The summed E-state index contributed by atoms with van der Waals surface area (Å²) in [6, 6.07) is 17.8. The van der Waals surface area contributed by atoms with Gasteiger partial charge in [0, 0.05) is 5.69 Å². The molecule has 0 atom stereocenters. The fourth-order valence-corrected chi connectivity index (χ4v) is 7.34.